The van der Waals surface area contributed by atoms with Gasteiger partial charge in [0.1, 0.15) is 12.2 Å². The van der Waals surface area contributed by atoms with Crippen LogP contribution in [0.25, 0.3) is 0 Å². The lowest BCUT2D eigenvalue weighted by Crippen LogP contribution is -2.48. The number of carbonyl (C=O) groups is 1. The van der Waals surface area contributed by atoms with E-state index < -0.39 is 23.1 Å². The summed E-state index contributed by atoms with van der Waals surface area (Å²) in [5.41, 5.74) is 1.50. The second-order valence-electron chi connectivity index (χ2n) is 13.0. The van der Waals surface area contributed by atoms with Gasteiger partial charge in [0, 0.05) is 49.2 Å². The first-order valence-electron chi connectivity index (χ1n) is 14.9. The van der Waals surface area contributed by atoms with Crippen molar-refractivity contribution in [1.82, 2.24) is 20.1 Å². The molecule has 0 unspecified atom stereocenters. The molecule has 2 heterocycles. The predicted octanol–water partition coefficient (Wildman–Crippen LogP) is 5.94. The van der Waals surface area contributed by atoms with Gasteiger partial charge in [-0.2, -0.15) is 13.2 Å². The quantitative estimate of drug-likeness (QED) is 0.318. The summed E-state index contributed by atoms with van der Waals surface area (Å²) < 4.78 is 50.7. The SMILES string of the molecule is COC1CC(c2cc(NC(C)C)cc(N3Cc4c(cc(CNC5(C)CCC5)cc4C(F)(F)F)C3=O)c2)(c2nncn2C)C1. The largest absolute Gasteiger partial charge is 0.416 e. The fraction of sp³-hybridized carbons (Fsp3) is 0.531. The molecule has 230 valence electrons. The molecule has 0 radical (unpaired) electrons. The number of rotatable bonds is 9. The van der Waals surface area contributed by atoms with Gasteiger partial charge in [0.15, 0.2) is 0 Å². The first kappa shape index (κ1) is 29.6. The van der Waals surface area contributed by atoms with Crippen LogP contribution >= 0.6 is 0 Å². The molecule has 0 spiro atoms. The summed E-state index contributed by atoms with van der Waals surface area (Å²) in [5.74, 6) is 0.349. The number of halogens is 3. The molecule has 2 saturated carbocycles. The van der Waals surface area contributed by atoms with Crippen LogP contribution in [0.4, 0.5) is 24.5 Å². The molecule has 0 atom stereocenters. The molecular formula is C32H39F3N6O2. The van der Waals surface area contributed by atoms with Crippen molar-refractivity contribution in [2.24, 2.45) is 7.05 Å². The molecule has 2 N–H and O–H groups in total. The van der Waals surface area contributed by atoms with E-state index >= 15 is 0 Å². The van der Waals surface area contributed by atoms with E-state index in [1.807, 2.05) is 43.7 Å². The van der Waals surface area contributed by atoms with Crippen molar-refractivity contribution in [2.75, 3.05) is 17.3 Å². The highest BCUT2D eigenvalue weighted by atomic mass is 19.4. The van der Waals surface area contributed by atoms with Crippen molar-refractivity contribution in [1.29, 1.82) is 0 Å². The van der Waals surface area contributed by atoms with Gasteiger partial charge in [0.25, 0.3) is 5.91 Å². The summed E-state index contributed by atoms with van der Waals surface area (Å²) in [4.78, 5) is 15.4. The van der Waals surface area contributed by atoms with Crippen molar-refractivity contribution in [3.8, 4) is 0 Å². The Hall–Kier alpha value is -3.44. The molecule has 0 bridgehead atoms. The lowest BCUT2D eigenvalue weighted by molar-refractivity contribution is -0.138. The number of aryl methyl sites for hydroxylation is 1. The molecule has 1 aromatic heterocycles. The van der Waals surface area contributed by atoms with Crippen molar-refractivity contribution in [3.05, 3.63) is 70.3 Å². The number of ether oxygens (including phenoxy) is 1. The van der Waals surface area contributed by atoms with Crippen molar-refractivity contribution >= 4 is 17.3 Å². The number of amides is 1. The van der Waals surface area contributed by atoms with Gasteiger partial charge in [-0.25, -0.2) is 0 Å². The topological polar surface area (TPSA) is 84.3 Å². The monoisotopic (exact) mass is 596 g/mol. The molecule has 1 aliphatic heterocycles. The van der Waals surface area contributed by atoms with E-state index in [1.165, 1.54) is 11.0 Å². The van der Waals surface area contributed by atoms with Crippen molar-refractivity contribution < 1.29 is 22.7 Å². The lowest BCUT2D eigenvalue weighted by atomic mass is 9.61. The van der Waals surface area contributed by atoms with Crippen LogP contribution in [-0.4, -0.2) is 45.5 Å². The maximum atomic E-state index is 14.4. The average molecular weight is 597 g/mol. The molecule has 2 aromatic carbocycles. The number of anilines is 2. The number of hydrogen-bond acceptors (Lipinski definition) is 6. The molecular weight excluding hydrogens is 557 g/mol. The fourth-order valence-electron chi connectivity index (χ4n) is 6.84. The predicted molar refractivity (Wildman–Crippen MR) is 158 cm³/mol. The zero-order chi connectivity index (χ0) is 30.7. The van der Waals surface area contributed by atoms with Gasteiger partial charge >= 0.3 is 6.18 Å². The molecule has 43 heavy (non-hydrogen) atoms. The third kappa shape index (κ3) is 5.31. The van der Waals surface area contributed by atoms with E-state index in [0.717, 1.165) is 36.3 Å². The number of alkyl halides is 3. The van der Waals surface area contributed by atoms with Crippen LogP contribution in [0, 0.1) is 0 Å². The van der Waals surface area contributed by atoms with Crippen LogP contribution in [0.5, 0.6) is 0 Å². The minimum atomic E-state index is -4.58. The van der Waals surface area contributed by atoms with Crippen LogP contribution in [0.15, 0.2) is 36.7 Å². The normalized spacial score (nSPS) is 22.9. The minimum absolute atomic E-state index is 0.0194. The molecule has 2 aliphatic carbocycles. The summed E-state index contributed by atoms with van der Waals surface area (Å²) in [6.07, 6.45) is 1.52. The number of benzene rings is 2. The van der Waals surface area contributed by atoms with Gasteiger partial charge in [-0.1, -0.05) is 0 Å². The van der Waals surface area contributed by atoms with Crippen LogP contribution in [-0.2, 0) is 36.5 Å². The molecule has 11 heteroatoms. The fourth-order valence-corrected chi connectivity index (χ4v) is 6.84. The van der Waals surface area contributed by atoms with Gasteiger partial charge in [0.2, 0.25) is 0 Å². The number of methoxy groups -OCH3 is 1. The van der Waals surface area contributed by atoms with Crippen molar-refractivity contribution in [2.45, 2.75) is 95.2 Å². The third-order valence-electron chi connectivity index (χ3n) is 9.45. The molecule has 2 fully saturated rings. The van der Waals surface area contributed by atoms with E-state index in [2.05, 4.69) is 27.8 Å². The van der Waals surface area contributed by atoms with Gasteiger partial charge < -0.3 is 24.8 Å². The first-order valence-corrected chi connectivity index (χ1v) is 14.9. The highest BCUT2D eigenvalue weighted by Crippen LogP contribution is 2.51. The summed E-state index contributed by atoms with van der Waals surface area (Å²) in [6, 6.07) is 8.74. The summed E-state index contributed by atoms with van der Waals surface area (Å²) in [7, 11) is 3.58. The van der Waals surface area contributed by atoms with Gasteiger partial charge in [-0.15, -0.1) is 10.2 Å². The second-order valence-corrected chi connectivity index (χ2v) is 13.0. The highest BCUT2D eigenvalue weighted by molar-refractivity contribution is 6.10. The minimum Gasteiger partial charge on any atom is -0.383 e. The Morgan fingerprint density at radius 3 is 2.47 bits per heavy atom. The molecule has 6 rings (SSSR count). The molecule has 3 aliphatic rings. The molecule has 8 nitrogen and oxygen atoms in total. The standard InChI is InChI=1S/C32H39F3N6O2/c1-19(2)38-22-11-21(31(14-24(15-31)43-5)29-39-37-18-40(29)4)12-23(13-22)41-17-26-25(28(41)42)9-20(10-27(26)32(33,34)35)16-36-30(3)7-6-8-30/h9-13,18-19,24,36,38H,6-8,14-17H2,1-5H3. The Balaban J connectivity index is 1.41. The van der Waals surface area contributed by atoms with E-state index in [9.17, 15) is 18.0 Å². The zero-order valence-corrected chi connectivity index (χ0v) is 25.3. The second kappa shape index (κ2) is 10.6. The number of hydrogen-bond donors (Lipinski definition) is 2. The van der Waals surface area contributed by atoms with Gasteiger partial charge in [-0.3, -0.25) is 4.79 Å². The van der Waals surface area contributed by atoms with Crippen LogP contribution in [0.2, 0.25) is 0 Å². The van der Waals surface area contributed by atoms with Crippen LogP contribution in [0.3, 0.4) is 0 Å². The summed E-state index contributed by atoms with van der Waals surface area (Å²) in [6.45, 7) is 6.24. The highest BCUT2D eigenvalue weighted by Gasteiger charge is 2.51. The number of nitrogens with zero attached hydrogens (tertiary/aromatic N) is 4. The van der Waals surface area contributed by atoms with E-state index in [0.29, 0.717) is 24.1 Å². The van der Waals surface area contributed by atoms with E-state index in [4.69, 9.17) is 4.74 Å². The van der Waals surface area contributed by atoms with E-state index in [1.54, 1.807) is 19.5 Å². The maximum absolute atomic E-state index is 14.4. The Kier molecular flexibility index (Phi) is 7.32. The Labute approximate surface area is 250 Å². The molecule has 1 amide bonds. The number of nitrogens with one attached hydrogen (secondary N) is 2. The first-order chi connectivity index (χ1) is 20.3. The van der Waals surface area contributed by atoms with E-state index in [-0.39, 0.29) is 41.9 Å². The van der Waals surface area contributed by atoms with Crippen LogP contribution < -0.4 is 15.5 Å². The lowest BCUT2D eigenvalue weighted by Gasteiger charge is -2.46. The molecule has 3 aromatic rings. The Morgan fingerprint density at radius 2 is 1.88 bits per heavy atom. The third-order valence-corrected chi connectivity index (χ3v) is 9.45. The maximum Gasteiger partial charge on any atom is 0.416 e. The summed E-state index contributed by atoms with van der Waals surface area (Å²) >= 11 is 0. The van der Waals surface area contributed by atoms with Crippen molar-refractivity contribution in [3.63, 3.8) is 0 Å². The van der Waals surface area contributed by atoms with Gasteiger partial charge in [0.05, 0.1) is 23.6 Å². The van der Waals surface area contributed by atoms with Gasteiger partial charge in [-0.05, 0) is 99.9 Å². The van der Waals surface area contributed by atoms with Crippen LogP contribution in [0.1, 0.15) is 91.3 Å². The Bertz CT molecular complexity index is 1540. The average Bonchev–Trinajstić information content (AvgIpc) is 3.47. The smallest absolute Gasteiger partial charge is 0.383 e. The number of fused-ring (bicyclic) bond motifs is 1. The summed E-state index contributed by atoms with van der Waals surface area (Å²) in [5, 5.41) is 15.4. The number of carbonyl (C=O) groups excluding carboxylic acids is 1. The zero-order valence-electron chi connectivity index (χ0n) is 25.3. The molecule has 0 saturated heterocycles. The Morgan fingerprint density at radius 1 is 1.14 bits per heavy atom. The number of aromatic nitrogens is 3.